The molecule has 0 N–H and O–H groups in total. The van der Waals surface area contributed by atoms with Crippen LogP contribution in [0.5, 0.6) is 5.75 Å². The van der Waals surface area contributed by atoms with E-state index in [1.165, 1.54) is 0 Å². The summed E-state index contributed by atoms with van der Waals surface area (Å²) < 4.78 is 6.16. The van der Waals surface area contributed by atoms with Gasteiger partial charge in [0.15, 0.2) is 0 Å². The molecule has 0 aliphatic heterocycles. The molecule has 0 atom stereocenters. The molecule has 0 unspecified atom stereocenters. The molecule has 1 heterocycles. The third kappa shape index (κ3) is 1.94. The summed E-state index contributed by atoms with van der Waals surface area (Å²) in [6.45, 7) is 1.95. The average Bonchev–Trinajstić information content (AvgIpc) is 2.16. The molecular weight excluding hydrogens is 277 g/mol. The fourth-order valence-corrected chi connectivity index (χ4v) is 2.35. The van der Waals surface area contributed by atoms with Crippen molar-refractivity contribution in [3.63, 3.8) is 0 Å². The molecule has 0 radical (unpaired) electrons. The number of pyridine rings is 1. The van der Waals surface area contributed by atoms with Crippen LogP contribution in [0.15, 0.2) is 22.7 Å². The van der Waals surface area contributed by atoms with E-state index < -0.39 is 0 Å². The van der Waals surface area contributed by atoms with Gasteiger partial charge in [-0.3, -0.25) is 4.98 Å². The van der Waals surface area contributed by atoms with Crippen LogP contribution in [0.4, 0.5) is 0 Å². The zero-order valence-corrected chi connectivity index (χ0v) is 10.7. The Balaban J connectivity index is 2.81. The van der Waals surface area contributed by atoms with E-state index in [2.05, 4.69) is 20.9 Å². The summed E-state index contributed by atoms with van der Waals surface area (Å²) in [6, 6.07) is 5.66. The van der Waals surface area contributed by atoms with E-state index in [9.17, 15) is 0 Å². The van der Waals surface area contributed by atoms with E-state index in [1.54, 1.807) is 7.11 Å². The molecule has 0 amide bonds. The number of halogens is 2. The normalized spacial score (nSPS) is 10.7. The molecule has 4 heteroatoms. The SMILES string of the molecule is COc1cc2c(Br)cc(C)nc2cc1Cl. The minimum absolute atomic E-state index is 0.579. The lowest BCUT2D eigenvalue weighted by Gasteiger charge is -2.07. The van der Waals surface area contributed by atoms with Gasteiger partial charge in [-0.1, -0.05) is 27.5 Å². The number of hydrogen-bond donors (Lipinski definition) is 0. The molecule has 78 valence electrons. The minimum atomic E-state index is 0.579. The Morgan fingerprint density at radius 1 is 1.33 bits per heavy atom. The summed E-state index contributed by atoms with van der Waals surface area (Å²) in [6.07, 6.45) is 0. The van der Waals surface area contributed by atoms with Crippen molar-refractivity contribution in [3.05, 3.63) is 33.4 Å². The van der Waals surface area contributed by atoms with Crippen molar-refractivity contribution < 1.29 is 4.74 Å². The minimum Gasteiger partial charge on any atom is -0.495 e. The highest BCUT2D eigenvalue weighted by Crippen LogP contribution is 2.32. The molecule has 1 aromatic heterocycles. The van der Waals surface area contributed by atoms with Gasteiger partial charge in [-0.25, -0.2) is 0 Å². The molecule has 0 bridgehead atoms. The fourth-order valence-electron chi connectivity index (χ4n) is 1.47. The molecule has 2 nitrogen and oxygen atoms in total. The van der Waals surface area contributed by atoms with Crippen LogP contribution in [0, 0.1) is 6.92 Å². The van der Waals surface area contributed by atoms with Crippen molar-refractivity contribution >= 4 is 38.4 Å². The Morgan fingerprint density at radius 3 is 2.73 bits per heavy atom. The van der Waals surface area contributed by atoms with Gasteiger partial charge in [0.2, 0.25) is 0 Å². The first-order valence-electron chi connectivity index (χ1n) is 4.42. The van der Waals surface area contributed by atoms with E-state index in [0.29, 0.717) is 10.8 Å². The second-order valence-corrected chi connectivity index (χ2v) is 4.51. The molecular formula is C11H9BrClNO. The van der Waals surface area contributed by atoms with Gasteiger partial charge in [0.25, 0.3) is 0 Å². The second-order valence-electron chi connectivity index (χ2n) is 3.25. The summed E-state index contributed by atoms with van der Waals surface area (Å²) in [7, 11) is 1.60. The third-order valence-electron chi connectivity index (χ3n) is 2.16. The number of fused-ring (bicyclic) bond motifs is 1. The van der Waals surface area contributed by atoms with Crippen LogP contribution < -0.4 is 4.74 Å². The summed E-state index contributed by atoms with van der Waals surface area (Å²) >= 11 is 9.52. The van der Waals surface area contributed by atoms with Crippen molar-refractivity contribution in [1.82, 2.24) is 4.98 Å². The number of rotatable bonds is 1. The zero-order chi connectivity index (χ0) is 11.0. The summed E-state index contributed by atoms with van der Waals surface area (Å²) in [5, 5.41) is 1.58. The van der Waals surface area contributed by atoms with Crippen molar-refractivity contribution in [2.45, 2.75) is 6.92 Å². The van der Waals surface area contributed by atoms with Crippen molar-refractivity contribution in [1.29, 1.82) is 0 Å². The Bertz CT molecular complexity index is 527. The second kappa shape index (κ2) is 3.99. The largest absolute Gasteiger partial charge is 0.495 e. The first-order chi connectivity index (χ1) is 7.11. The molecule has 0 aliphatic rings. The van der Waals surface area contributed by atoms with Crippen LogP contribution in [0.2, 0.25) is 5.02 Å². The van der Waals surface area contributed by atoms with Crippen LogP contribution in [0.1, 0.15) is 5.69 Å². The molecule has 0 fully saturated rings. The highest BCUT2D eigenvalue weighted by Gasteiger charge is 2.07. The highest BCUT2D eigenvalue weighted by molar-refractivity contribution is 9.10. The van der Waals surface area contributed by atoms with Crippen molar-refractivity contribution in [3.8, 4) is 5.75 Å². The number of aromatic nitrogens is 1. The van der Waals surface area contributed by atoms with Crippen LogP contribution in [0.25, 0.3) is 10.9 Å². The Kier molecular flexibility index (Phi) is 2.85. The lowest BCUT2D eigenvalue weighted by molar-refractivity contribution is 0.415. The Morgan fingerprint density at radius 2 is 2.07 bits per heavy atom. The van der Waals surface area contributed by atoms with Crippen LogP contribution in [0.3, 0.4) is 0 Å². The quantitative estimate of drug-likeness (QED) is 0.791. The Hall–Kier alpha value is -0.800. The topological polar surface area (TPSA) is 22.1 Å². The summed E-state index contributed by atoms with van der Waals surface area (Å²) in [5.41, 5.74) is 1.82. The van der Waals surface area contributed by atoms with Gasteiger partial charge >= 0.3 is 0 Å². The molecule has 0 spiro atoms. The number of benzene rings is 1. The van der Waals surface area contributed by atoms with Gasteiger partial charge in [-0.2, -0.15) is 0 Å². The predicted molar refractivity (Wildman–Crippen MR) is 65.7 cm³/mol. The summed E-state index contributed by atoms with van der Waals surface area (Å²) in [4.78, 5) is 4.40. The number of methoxy groups -OCH3 is 1. The molecule has 0 saturated heterocycles. The van der Waals surface area contributed by atoms with E-state index in [1.807, 2.05) is 25.1 Å². The van der Waals surface area contributed by atoms with E-state index >= 15 is 0 Å². The van der Waals surface area contributed by atoms with E-state index in [4.69, 9.17) is 16.3 Å². The van der Waals surface area contributed by atoms with Gasteiger partial charge in [0.1, 0.15) is 5.75 Å². The van der Waals surface area contributed by atoms with Gasteiger partial charge < -0.3 is 4.74 Å². The lowest BCUT2D eigenvalue weighted by atomic mass is 10.2. The number of nitrogens with zero attached hydrogens (tertiary/aromatic N) is 1. The first kappa shape index (κ1) is 10.7. The molecule has 2 rings (SSSR count). The van der Waals surface area contributed by atoms with Crippen molar-refractivity contribution in [2.24, 2.45) is 0 Å². The van der Waals surface area contributed by atoms with E-state index in [0.717, 1.165) is 21.1 Å². The smallest absolute Gasteiger partial charge is 0.138 e. The predicted octanol–water partition coefficient (Wildman–Crippen LogP) is 3.97. The fraction of sp³-hybridized carbons (Fsp3) is 0.182. The number of aryl methyl sites for hydroxylation is 1. The monoisotopic (exact) mass is 285 g/mol. The van der Waals surface area contributed by atoms with E-state index in [-0.39, 0.29) is 0 Å². The first-order valence-corrected chi connectivity index (χ1v) is 5.59. The third-order valence-corrected chi connectivity index (χ3v) is 3.11. The molecule has 15 heavy (non-hydrogen) atoms. The van der Waals surface area contributed by atoms with Crippen LogP contribution >= 0.6 is 27.5 Å². The molecule has 1 aromatic carbocycles. The number of hydrogen-bond acceptors (Lipinski definition) is 2. The average molecular weight is 287 g/mol. The maximum absolute atomic E-state index is 6.03. The number of ether oxygens (including phenoxy) is 1. The highest BCUT2D eigenvalue weighted by atomic mass is 79.9. The summed E-state index contributed by atoms with van der Waals surface area (Å²) in [5.74, 6) is 0.663. The standard InChI is InChI=1S/C11H9BrClNO/c1-6-3-8(12)7-4-11(15-2)9(13)5-10(7)14-6/h3-5H,1-2H3. The maximum Gasteiger partial charge on any atom is 0.138 e. The van der Waals surface area contributed by atoms with Gasteiger partial charge in [-0.05, 0) is 25.1 Å². The van der Waals surface area contributed by atoms with Crippen LogP contribution in [-0.2, 0) is 0 Å². The Labute approximate surface area is 101 Å². The van der Waals surface area contributed by atoms with Gasteiger partial charge in [0.05, 0.1) is 17.6 Å². The molecule has 0 saturated carbocycles. The molecule has 2 aromatic rings. The lowest BCUT2D eigenvalue weighted by Crippen LogP contribution is -1.89. The van der Waals surface area contributed by atoms with Crippen LogP contribution in [-0.4, -0.2) is 12.1 Å². The maximum atomic E-state index is 6.03. The molecule has 0 aliphatic carbocycles. The van der Waals surface area contributed by atoms with Gasteiger partial charge in [0, 0.05) is 15.6 Å². The van der Waals surface area contributed by atoms with Gasteiger partial charge in [-0.15, -0.1) is 0 Å². The van der Waals surface area contributed by atoms with Crippen molar-refractivity contribution in [2.75, 3.05) is 7.11 Å². The zero-order valence-electron chi connectivity index (χ0n) is 8.34.